The zero-order valence-electron chi connectivity index (χ0n) is 16.7. The molecule has 2 bridgehead atoms. The SMILES string of the molecule is COC(=O)[C@]1(C)CCC[C@]2(C)C3C[C@@H]4O[C@@]3(CC[C@@H]12)[C@@H](O)[C@]4(O)C(C)C. The lowest BCUT2D eigenvalue weighted by Crippen LogP contribution is -2.68. The number of esters is 1. The Kier molecular flexibility index (Phi) is 3.92. The molecule has 1 unspecified atom stereocenters. The van der Waals surface area contributed by atoms with Gasteiger partial charge >= 0.3 is 5.97 Å². The van der Waals surface area contributed by atoms with E-state index in [0.717, 1.165) is 32.1 Å². The molecule has 2 N–H and O–H groups in total. The summed E-state index contributed by atoms with van der Waals surface area (Å²) in [6, 6.07) is 0. The van der Waals surface area contributed by atoms with E-state index in [1.54, 1.807) is 0 Å². The van der Waals surface area contributed by atoms with Gasteiger partial charge in [-0.05, 0) is 62.2 Å². The van der Waals surface area contributed by atoms with Crippen molar-refractivity contribution < 1.29 is 24.5 Å². The lowest BCUT2D eigenvalue weighted by atomic mass is 9.42. The highest BCUT2D eigenvalue weighted by molar-refractivity contribution is 5.77. The third-order valence-corrected chi connectivity index (χ3v) is 8.99. The van der Waals surface area contributed by atoms with Crippen molar-refractivity contribution >= 4 is 5.97 Å². The van der Waals surface area contributed by atoms with Crippen LogP contribution in [0.4, 0.5) is 0 Å². The summed E-state index contributed by atoms with van der Waals surface area (Å²) in [6.07, 6.45) is 4.03. The number of fused-ring (bicyclic) bond motifs is 3. The standard InChI is InChI=1S/C21H34O5/c1-12(2)21(24)15-11-14-18(3)8-6-9-19(4,17(23)25-5)13(18)7-10-20(14,26-15)16(21)22/h12-16,22,24H,6-11H2,1-5H3/t13-,14?,15+,16-,18+,19-,20-,21+/m1/s1. The molecule has 1 spiro atoms. The van der Waals surface area contributed by atoms with E-state index in [1.807, 2.05) is 13.8 Å². The zero-order valence-corrected chi connectivity index (χ0v) is 16.7. The number of hydrogen-bond acceptors (Lipinski definition) is 5. The van der Waals surface area contributed by atoms with Crippen molar-refractivity contribution in [2.75, 3.05) is 7.11 Å². The van der Waals surface area contributed by atoms with Crippen molar-refractivity contribution in [2.45, 2.75) is 89.6 Å². The Morgan fingerprint density at radius 1 is 1.19 bits per heavy atom. The van der Waals surface area contributed by atoms with Crippen molar-refractivity contribution in [3.05, 3.63) is 0 Å². The fourth-order valence-electron chi connectivity index (χ4n) is 7.62. The fourth-order valence-corrected chi connectivity index (χ4v) is 7.62. The molecule has 8 atom stereocenters. The maximum absolute atomic E-state index is 12.6. The third-order valence-electron chi connectivity index (χ3n) is 8.99. The van der Waals surface area contributed by atoms with Gasteiger partial charge in [0.1, 0.15) is 17.3 Å². The van der Waals surface area contributed by atoms with Crippen LogP contribution >= 0.6 is 0 Å². The number of ether oxygens (including phenoxy) is 2. The van der Waals surface area contributed by atoms with Gasteiger partial charge in [-0.3, -0.25) is 4.79 Å². The number of carbonyl (C=O) groups excluding carboxylic acids is 1. The number of methoxy groups -OCH3 is 1. The van der Waals surface area contributed by atoms with E-state index in [2.05, 4.69) is 13.8 Å². The summed E-state index contributed by atoms with van der Waals surface area (Å²) >= 11 is 0. The molecular formula is C21H34O5. The Balaban J connectivity index is 1.73. The second-order valence-electron chi connectivity index (χ2n) is 10.2. The summed E-state index contributed by atoms with van der Waals surface area (Å²) in [5.74, 6) is 0.249. The van der Waals surface area contributed by atoms with Crippen LogP contribution in [-0.4, -0.2) is 46.7 Å². The van der Waals surface area contributed by atoms with Crippen LogP contribution in [0.25, 0.3) is 0 Å². The van der Waals surface area contributed by atoms with Gasteiger partial charge in [0.2, 0.25) is 0 Å². The summed E-state index contributed by atoms with van der Waals surface area (Å²) in [6.45, 7) is 8.27. The molecule has 0 radical (unpaired) electrons. The first-order valence-corrected chi connectivity index (χ1v) is 10.2. The van der Waals surface area contributed by atoms with Gasteiger partial charge in [0.25, 0.3) is 0 Å². The Hall–Kier alpha value is -0.650. The molecule has 5 nitrogen and oxygen atoms in total. The van der Waals surface area contributed by atoms with Crippen molar-refractivity contribution in [3.63, 3.8) is 0 Å². The number of hydrogen-bond donors (Lipinski definition) is 2. The molecule has 2 aliphatic heterocycles. The number of aliphatic hydroxyl groups is 2. The third kappa shape index (κ3) is 1.90. The van der Waals surface area contributed by atoms with Crippen molar-refractivity contribution in [1.29, 1.82) is 0 Å². The second kappa shape index (κ2) is 5.45. The van der Waals surface area contributed by atoms with Crippen LogP contribution in [0.15, 0.2) is 0 Å². The maximum atomic E-state index is 12.6. The molecule has 4 aliphatic rings. The molecule has 0 aromatic carbocycles. The molecule has 5 heteroatoms. The Bertz CT molecular complexity index is 620. The van der Waals surface area contributed by atoms with Crippen LogP contribution in [0.3, 0.4) is 0 Å². The van der Waals surface area contributed by atoms with Crippen molar-refractivity contribution in [3.8, 4) is 0 Å². The van der Waals surface area contributed by atoms with Crippen LogP contribution in [0.2, 0.25) is 0 Å². The molecule has 148 valence electrons. The average molecular weight is 366 g/mol. The molecule has 2 heterocycles. The molecule has 4 fully saturated rings. The monoisotopic (exact) mass is 366 g/mol. The fraction of sp³-hybridized carbons (Fsp3) is 0.952. The number of aliphatic hydroxyl groups excluding tert-OH is 1. The van der Waals surface area contributed by atoms with E-state index in [0.29, 0.717) is 6.42 Å². The Morgan fingerprint density at radius 2 is 1.88 bits per heavy atom. The average Bonchev–Trinajstić information content (AvgIpc) is 3.09. The lowest BCUT2D eigenvalue weighted by Gasteiger charge is -2.62. The molecule has 2 saturated carbocycles. The summed E-state index contributed by atoms with van der Waals surface area (Å²) in [5.41, 5.74) is -2.37. The van der Waals surface area contributed by atoms with Gasteiger partial charge in [-0.15, -0.1) is 0 Å². The molecule has 0 aromatic heterocycles. The topological polar surface area (TPSA) is 76.0 Å². The highest BCUT2D eigenvalue weighted by atomic mass is 16.6. The van der Waals surface area contributed by atoms with Gasteiger partial charge < -0.3 is 19.7 Å². The Labute approximate surface area is 156 Å². The van der Waals surface area contributed by atoms with Gasteiger partial charge in [0.05, 0.1) is 18.6 Å². The minimum Gasteiger partial charge on any atom is -0.469 e. The Morgan fingerprint density at radius 3 is 2.50 bits per heavy atom. The van der Waals surface area contributed by atoms with Crippen LogP contribution in [0.5, 0.6) is 0 Å². The summed E-state index contributed by atoms with van der Waals surface area (Å²) in [4.78, 5) is 12.6. The van der Waals surface area contributed by atoms with Gasteiger partial charge in [-0.1, -0.05) is 27.2 Å². The molecule has 2 saturated heterocycles. The van der Waals surface area contributed by atoms with E-state index in [-0.39, 0.29) is 35.2 Å². The second-order valence-corrected chi connectivity index (χ2v) is 10.2. The lowest BCUT2D eigenvalue weighted by molar-refractivity contribution is -0.209. The number of rotatable bonds is 2. The van der Waals surface area contributed by atoms with Gasteiger partial charge in [-0.25, -0.2) is 0 Å². The van der Waals surface area contributed by atoms with E-state index in [1.165, 1.54) is 7.11 Å². The molecule has 0 amide bonds. The quantitative estimate of drug-likeness (QED) is 0.735. The van der Waals surface area contributed by atoms with Crippen LogP contribution in [0.1, 0.15) is 66.2 Å². The zero-order chi connectivity index (χ0) is 19.1. The first-order valence-electron chi connectivity index (χ1n) is 10.2. The van der Waals surface area contributed by atoms with Crippen molar-refractivity contribution in [2.24, 2.45) is 28.6 Å². The predicted octanol–water partition coefficient (Wildman–Crippen LogP) is 2.67. The van der Waals surface area contributed by atoms with E-state index >= 15 is 0 Å². The van der Waals surface area contributed by atoms with Gasteiger partial charge in [-0.2, -0.15) is 0 Å². The summed E-state index contributed by atoms with van der Waals surface area (Å²) in [5, 5.41) is 22.4. The molecule has 4 rings (SSSR count). The van der Waals surface area contributed by atoms with Crippen molar-refractivity contribution in [1.82, 2.24) is 0 Å². The van der Waals surface area contributed by atoms with Crippen LogP contribution in [-0.2, 0) is 14.3 Å². The minimum absolute atomic E-state index is 0.0555. The van der Waals surface area contributed by atoms with E-state index in [4.69, 9.17) is 9.47 Å². The van der Waals surface area contributed by atoms with E-state index in [9.17, 15) is 15.0 Å². The van der Waals surface area contributed by atoms with Crippen LogP contribution in [0, 0.1) is 28.6 Å². The number of carbonyl (C=O) groups is 1. The minimum atomic E-state index is -1.17. The molecule has 26 heavy (non-hydrogen) atoms. The van der Waals surface area contributed by atoms with Gasteiger partial charge in [0, 0.05) is 0 Å². The first-order chi connectivity index (χ1) is 12.1. The molecule has 0 aromatic rings. The summed E-state index contributed by atoms with van der Waals surface area (Å²) in [7, 11) is 1.48. The van der Waals surface area contributed by atoms with E-state index < -0.39 is 22.7 Å². The predicted molar refractivity (Wildman–Crippen MR) is 96.3 cm³/mol. The van der Waals surface area contributed by atoms with Crippen LogP contribution < -0.4 is 0 Å². The largest absolute Gasteiger partial charge is 0.469 e. The summed E-state index contributed by atoms with van der Waals surface area (Å²) < 4.78 is 11.6. The van der Waals surface area contributed by atoms with Gasteiger partial charge in [0.15, 0.2) is 0 Å². The smallest absolute Gasteiger partial charge is 0.311 e. The first kappa shape index (κ1) is 18.7. The normalized spacial score (nSPS) is 55.5. The highest BCUT2D eigenvalue weighted by Gasteiger charge is 2.77. The molecular weight excluding hydrogens is 332 g/mol. The molecule has 2 aliphatic carbocycles. The maximum Gasteiger partial charge on any atom is 0.311 e. The highest BCUT2D eigenvalue weighted by Crippen LogP contribution is 2.70.